The van der Waals surface area contributed by atoms with Crippen LogP contribution >= 0.6 is 0 Å². The highest BCUT2D eigenvalue weighted by Crippen LogP contribution is 2.27. The lowest BCUT2D eigenvalue weighted by atomic mass is 9.91. The number of hydrogen-bond donors (Lipinski definition) is 1. The number of hydrogen-bond acceptors (Lipinski definition) is 3. The summed E-state index contributed by atoms with van der Waals surface area (Å²) >= 11 is 0. The summed E-state index contributed by atoms with van der Waals surface area (Å²) in [5, 5.41) is 8.71. The Hall–Kier alpha value is -1.49. The molecule has 110 valence electrons. The lowest BCUT2D eigenvalue weighted by molar-refractivity contribution is -0.137. The highest BCUT2D eigenvalue weighted by atomic mass is 19.1. The smallest absolute Gasteiger partial charge is 0.303 e. The molecule has 1 fully saturated rings. The zero-order valence-corrected chi connectivity index (χ0v) is 11.8. The number of carbonyl (C=O) groups is 1. The van der Waals surface area contributed by atoms with E-state index >= 15 is 0 Å². The molecule has 1 aromatic rings. The van der Waals surface area contributed by atoms with E-state index < -0.39 is 5.97 Å². The quantitative estimate of drug-likeness (QED) is 0.901. The molecule has 0 aliphatic carbocycles. The van der Waals surface area contributed by atoms with Gasteiger partial charge in [-0.25, -0.2) is 4.39 Å². The number of piperidine rings is 1. The Balaban J connectivity index is 1.83. The summed E-state index contributed by atoms with van der Waals surface area (Å²) in [4.78, 5) is 17.0. The van der Waals surface area contributed by atoms with Gasteiger partial charge in [0, 0.05) is 12.5 Å². The number of likely N-dealkylation sites (tertiary alicyclic amines) is 1. The van der Waals surface area contributed by atoms with Crippen molar-refractivity contribution < 1.29 is 14.3 Å². The van der Waals surface area contributed by atoms with Gasteiger partial charge >= 0.3 is 5.97 Å². The van der Waals surface area contributed by atoms with Crippen LogP contribution in [0.5, 0.6) is 0 Å². The Morgan fingerprint density at radius 3 is 2.75 bits per heavy atom. The molecule has 1 unspecified atom stereocenters. The molecule has 0 spiro atoms. The number of halogens is 1. The summed E-state index contributed by atoms with van der Waals surface area (Å²) in [6.07, 6.45) is 4.34. The molecule has 1 saturated heterocycles. The van der Waals surface area contributed by atoms with Crippen molar-refractivity contribution in [3.05, 3.63) is 29.8 Å². The fourth-order valence-electron chi connectivity index (χ4n) is 2.78. The van der Waals surface area contributed by atoms with Crippen LogP contribution < -0.4 is 0 Å². The van der Waals surface area contributed by atoms with Crippen LogP contribution in [0.15, 0.2) is 18.3 Å². The minimum Gasteiger partial charge on any atom is -0.481 e. The summed E-state index contributed by atoms with van der Waals surface area (Å²) in [6.45, 7) is 3.98. The van der Waals surface area contributed by atoms with E-state index in [1.807, 2.05) is 0 Å². The van der Waals surface area contributed by atoms with E-state index in [4.69, 9.17) is 5.11 Å². The molecule has 5 heteroatoms. The maximum absolute atomic E-state index is 12.9. The second kappa shape index (κ2) is 6.79. The molecule has 1 aliphatic heterocycles. The topological polar surface area (TPSA) is 53.4 Å². The Kier molecular flexibility index (Phi) is 5.06. The predicted molar refractivity (Wildman–Crippen MR) is 73.8 cm³/mol. The molecule has 2 rings (SSSR count). The van der Waals surface area contributed by atoms with Crippen molar-refractivity contribution >= 4 is 5.97 Å². The van der Waals surface area contributed by atoms with Crippen LogP contribution in [0.25, 0.3) is 0 Å². The van der Waals surface area contributed by atoms with E-state index in [2.05, 4.69) is 16.8 Å². The SMILES string of the molecule is CC(c1ccc(F)cn1)N1CCC(CCC(=O)O)CC1. The van der Waals surface area contributed by atoms with Gasteiger partial charge in [0.1, 0.15) is 5.82 Å². The lowest BCUT2D eigenvalue weighted by Crippen LogP contribution is -2.36. The molecule has 2 heterocycles. The maximum Gasteiger partial charge on any atom is 0.303 e. The van der Waals surface area contributed by atoms with Gasteiger partial charge in [-0.3, -0.25) is 14.7 Å². The van der Waals surface area contributed by atoms with Crippen LogP contribution in [0.3, 0.4) is 0 Å². The monoisotopic (exact) mass is 280 g/mol. The fraction of sp³-hybridized carbons (Fsp3) is 0.600. The number of aliphatic carboxylic acids is 1. The first-order valence-corrected chi connectivity index (χ1v) is 7.13. The minimum absolute atomic E-state index is 0.177. The van der Waals surface area contributed by atoms with Crippen molar-refractivity contribution in [2.24, 2.45) is 5.92 Å². The predicted octanol–water partition coefficient (Wildman–Crippen LogP) is 2.86. The summed E-state index contributed by atoms with van der Waals surface area (Å²) in [6, 6.07) is 3.35. The number of nitrogens with zero attached hydrogens (tertiary/aromatic N) is 2. The standard InChI is InChI=1S/C15H21FN2O2/c1-11(14-4-3-13(16)10-17-14)18-8-6-12(7-9-18)2-5-15(19)20/h3-4,10-12H,2,5-9H2,1H3,(H,19,20). The van der Waals surface area contributed by atoms with E-state index in [0.717, 1.165) is 38.0 Å². The Bertz CT molecular complexity index is 442. The molecule has 1 atom stereocenters. The van der Waals surface area contributed by atoms with Gasteiger partial charge in [-0.1, -0.05) is 0 Å². The molecular formula is C15H21FN2O2. The molecule has 0 amide bonds. The minimum atomic E-state index is -0.712. The fourth-order valence-corrected chi connectivity index (χ4v) is 2.78. The molecule has 1 aliphatic rings. The van der Waals surface area contributed by atoms with Gasteiger partial charge in [-0.05, 0) is 57.3 Å². The summed E-state index contributed by atoms with van der Waals surface area (Å²) < 4.78 is 12.9. The second-order valence-electron chi connectivity index (χ2n) is 5.49. The van der Waals surface area contributed by atoms with Crippen molar-refractivity contribution in [2.75, 3.05) is 13.1 Å². The number of carboxylic acids is 1. The Labute approximate surface area is 118 Å². The van der Waals surface area contributed by atoms with E-state index in [1.54, 1.807) is 6.07 Å². The molecule has 0 radical (unpaired) electrons. The van der Waals surface area contributed by atoms with Gasteiger partial charge in [0.05, 0.1) is 11.9 Å². The van der Waals surface area contributed by atoms with Crippen molar-refractivity contribution in [3.63, 3.8) is 0 Å². The maximum atomic E-state index is 12.9. The molecule has 1 N–H and O–H groups in total. The van der Waals surface area contributed by atoms with Gasteiger partial charge in [0.2, 0.25) is 0 Å². The highest BCUT2D eigenvalue weighted by Gasteiger charge is 2.24. The van der Waals surface area contributed by atoms with Crippen molar-refractivity contribution in [1.29, 1.82) is 0 Å². The van der Waals surface area contributed by atoms with Gasteiger partial charge in [-0.15, -0.1) is 0 Å². The van der Waals surface area contributed by atoms with E-state index in [1.165, 1.54) is 12.3 Å². The third kappa shape index (κ3) is 4.00. The summed E-state index contributed by atoms with van der Waals surface area (Å²) in [7, 11) is 0. The highest BCUT2D eigenvalue weighted by molar-refractivity contribution is 5.66. The van der Waals surface area contributed by atoms with Crippen LogP contribution in [0.2, 0.25) is 0 Å². The van der Waals surface area contributed by atoms with Gasteiger partial charge in [-0.2, -0.15) is 0 Å². The number of aromatic nitrogens is 1. The first kappa shape index (κ1) is 14.9. The third-order valence-electron chi connectivity index (χ3n) is 4.14. The van der Waals surface area contributed by atoms with Gasteiger partial charge in [0.15, 0.2) is 0 Å². The molecule has 0 aromatic carbocycles. The third-order valence-corrected chi connectivity index (χ3v) is 4.14. The van der Waals surface area contributed by atoms with Crippen molar-refractivity contribution in [3.8, 4) is 0 Å². The average molecular weight is 280 g/mol. The molecule has 0 saturated carbocycles. The normalized spacial score (nSPS) is 18.9. The van der Waals surface area contributed by atoms with Crippen LogP contribution in [0.1, 0.15) is 44.3 Å². The Morgan fingerprint density at radius 1 is 1.50 bits per heavy atom. The average Bonchev–Trinajstić information content (AvgIpc) is 2.46. The largest absolute Gasteiger partial charge is 0.481 e. The zero-order chi connectivity index (χ0) is 14.5. The molecule has 0 bridgehead atoms. The first-order valence-electron chi connectivity index (χ1n) is 7.13. The van der Waals surface area contributed by atoms with Crippen LogP contribution in [0, 0.1) is 11.7 Å². The molecule has 20 heavy (non-hydrogen) atoms. The van der Waals surface area contributed by atoms with Gasteiger partial charge < -0.3 is 5.11 Å². The summed E-state index contributed by atoms with van der Waals surface area (Å²) in [5.74, 6) is -0.514. The summed E-state index contributed by atoms with van der Waals surface area (Å²) in [5.41, 5.74) is 0.885. The van der Waals surface area contributed by atoms with Crippen LogP contribution in [-0.4, -0.2) is 34.0 Å². The van der Waals surface area contributed by atoms with E-state index in [9.17, 15) is 9.18 Å². The first-order chi connectivity index (χ1) is 9.56. The molecular weight excluding hydrogens is 259 g/mol. The molecule has 4 nitrogen and oxygen atoms in total. The number of pyridine rings is 1. The Morgan fingerprint density at radius 2 is 2.20 bits per heavy atom. The van der Waals surface area contributed by atoms with E-state index in [0.29, 0.717) is 5.92 Å². The van der Waals surface area contributed by atoms with Crippen LogP contribution in [-0.2, 0) is 4.79 Å². The van der Waals surface area contributed by atoms with Crippen molar-refractivity contribution in [1.82, 2.24) is 9.88 Å². The lowest BCUT2D eigenvalue weighted by Gasteiger charge is -2.35. The number of carboxylic acid groups (broad SMARTS) is 1. The van der Waals surface area contributed by atoms with Crippen molar-refractivity contribution in [2.45, 2.75) is 38.6 Å². The van der Waals surface area contributed by atoms with E-state index in [-0.39, 0.29) is 18.3 Å². The number of rotatable bonds is 5. The zero-order valence-electron chi connectivity index (χ0n) is 11.8. The van der Waals surface area contributed by atoms with Crippen LogP contribution in [0.4, 0.5) is 4.39 Å². The van der Waals surface area contributed by atoms with Gasteiger partial charge in [0.25, 0.3) is 0 Å². The molecule has 1 aromatic heterocycles. The second-order valence-corrected chi connectivity index (χ2v) is 5.49.